The molecule has 0 radical (unpaired) electrons. The molecule has 8 nitrogen and oxygen atoms in total. The molecule has 1 N–H and O–H groups in total. The number of hydrogen-bond acceptors (Lipinski definition) is 7. The predicted octanol–water partition coefficient (Wildman–Crippen LogP) is 0.282. The summed E-state index contributed by atoms with van der Waals surface area (Å²) in [4.78, 5) is 22.9. The summed E-state index contributed by atoms with van der Waals surface area (Å²) in [5.74, 6) is 0.869. The Kier molecular flexibility index (Phi) is 5.64. The number of fused-ring (bicyclic) bond motifs is 1. The molecule has 0 atom stereocenters. The van der Waals surface area contributed by atoms with Gasteiger partial charge in [-0.15, -0.1) is 5.10 Å². The molecule has 9 heteroatoms. The van der Waals surface area contributed by atoms with Gasteiger partial charge >= 0.3 is 0 Å². The zero-order chi connectivity index (χ0) is 16.9. The molecule has 3 rings (SSSR count). The van der Waals surface area contributed by atoms with Gasteiger partial charge in [0.2, 0.25) is 11.1 Å². The van der Waals surface area contributed by atoms with Gasteiger partial charge in [0, 0.05) is 37.6 Å². The second-order valence-electron chi connectivity index (χ2n) is 5.74. The Morgan fingerprint density at radius 2 is 2.12 bits per heavy atom. The summed E-state index contributed by atoms with van der Waals surface area (Å²) in [5.41, 5.74) is 1.89. The summed E-state index contributed by atoms with van der Waals surface area (Å²) in [6.07, 6.45) is 0. The van der Waals surface area contributed by atoms with Crippen LogP contribution in [0.25, 0.3) is 5.78 Å². The van der Waals surface area contributed by atoms with Gasteiger partial charge in [-0.1, -0.05) is 11.8 Å². The van der Waals surface area contributed by atoms with Crippen LogP contribution in [0.4, 0.5) is 0 Å². The SMILES string of the molecule is Cc1cc(C)n2nc(SCC(=O)NCCN3CCOCC3)nc2n1. The molecule has 24 heavy (non-hydrogen) atoms. The highest BCUT2D eigenvalue weighted by molar-refractivity contribution is 7.99. The quantitative estimate of drug-likeness (QED) is 0.749. The molecule has 1 aliphatic rings. The maximum atomic E-state index is 11.9. The average molecular weight is 350 g/mol. The summed E-state index contributed by atoms with van der Waals surface area (Å²) in [6, 6.07) is 1.95. The number of thioether (sulfide) groups is 1. The third kappa shape index (κ3) is 4.43. The first-order valence-electron chi connectivity index (χ1n) is 8.02. The van der Waals surface area contributed by atoms with E-state index in [1.165, 1.54) is 11.8 Å². The number of aromatic nitrogens is 4. The number of ether oxygens (including phenoxy) is 1. The van der Waals surface area contributed by atoms with Crippen molar-refractivity contribution in [2.45, 2.75) is 19.0 Å². The molecule has 0 bridgehead atoms. The highest BCUT2D eigenvalue weighted by atomic mass is 32.2. The van der Waals surface area contributed by atoms with E-state index >= 15 is 0 Å². The number of rotatable bonds is 6. The maximum absolute atomic E-state index is 11.9. The molecule has 3 heterocycles. The Morgan fingerprint density at radius 3 is 2.92 bits per heavy atom. The van der Waals surface area contributed by atoms with Crippen molar-refractivity contribution in [1.29, 1.82) is 0 Å². The largest absolute Gasteiger partial charge is 0.379 e. The smallest absolute Gasteiger partial charge is 0.253 e. The maximum Gasteiger partial charge on any atom is 0.253 e. The molecule has 0 spiro atoms. The van der Waals surface area contributed by atoms with Crippen LogP contribution in [0, 0.1) is 13.8 Å². The lowest BCUT2D eigenvalue weighted by molar-refractivity contribution is -0.118. The second kappa shape index (κ2) is 7.91. The van der Waals surface area contributed by atoms with Crippen molar-refractivity contribution < 1.29 is 9.53 Å². The van der Waals surface area contributed by atoms with E-state index in [0.717, 1.165) is 44.2 Å². The lowest BCUT2D eigenvalue weighted by atomic mass is 10.4. The number of nitrogens with zero attached hydrogens (tertiary/aromatic N) is 5. The van der Waals surface area contributed by atoms with E-state index in [0.29, 0.717) is 23.2 Å². The van der Waals surface area contributed by atoms with Crippen molar-refractivity contribution in [2.75, 3.05) is 45.1 Å². The van der Waals surface area contributed by atoms with Crippen LogP contribution in [-0.4, -0.2) is 75.5 Å². The molecule has 0 unspecified atom stereocenters. The molecule has 0 saturated carbocycles. The Balaban J connectivity index is 1.45. The Labute approximate surface area is 145 Å². The highest BCUT2D eigenvalue weighted by Crippen LogP contribution is 2.14. The number of aryl methyl sites for hydroxylation is 2. The Bertz CT molecular complexity index is 713. The Hall–Kier alpha value is -1.71. The van der Waals surface area contributed by atoms with Crippen LogP contribution in [-0.2, 0) is 9.53 Å². The van der Waals surface area contributed by atoms with Crippen LogP contribution in [0.3, 0.4) is 0 Å². The minimum Gasteiger partial charge on any atom is -0.379 e. The molecule has 1 aliphatic heterocycles. The fraction of sp³-hybridized carbons (Fsp3) is 0.600. The van der Waals surface area contributed by atoms with Crippen molar-refractivity contribution >= 4 is 23.4 Å². The molecule has 1 fully saturated rings. The van der Waals surface area contributed by atoms with E-state index < -0.39 is 0 Å². The molecule has 0 aliphatic carbocycles. The topological polar surface area (TPSA) is 84.7 Å². The minimum atomic E-state index is -0.00650. The molecule has 130 valence electrons. The third-order valence-electron chi connectivity index (χ3n) is 3.79. The summed E-state index contributed by atoms with van der Waals surface area (Å²) >= 11 is 1.33. The third-order valence-corrected chi connectivity index (χ3v) is 4.62. The number of nitrogens with one attached hydrogen (secondary N) is 1. The zero-order valence-electron chi connectivity index (χ0n) is 14.0. The van der Waals surface area contributed by atoms with E-state index in [1.54, 1.807) is 4.52 Å². The first-order valence-corrected chi connectivity index (χ1v) is 9.01. The molecule has 2 aromatic rings. The molecule has 1 saturated heterocycles. The molecule has 0 aromatic carbocycles. The van der Waals surface area contributed by atoms with E-state index in [9.17, 15) is 4.79 Å². The molecule has 1 amide bonds. The van der Waals surface area contributed by atoms with Crippen molar-refractivity contribution in [3.8, 4) is 0 Å². The van der Waals surface area contributed by atoms with E-state index in [-0.39, 0.29) is 5.91 Å². The monoisotopic (exact) mass is 350 g/mol. The van der Waals surface area contributed by atoms with Crippen molar-refractivity contribution in [3.05, 3.63) is 17.5 Å². The van der Waals surface area contributed by atoms with Crippen LogP contribution in [0.5, 0.6) is 0 Å². The average Bonchev–Trinajstić information content (AvgIpc) is 2.97. The number of amides is 1. The first-order chi connectivity index (χ1) is 11.6. The second-order valence-corrected chi connectivity index (χ2v) is 6.68. The zero-order valence-corrected chi connectivity index (χ0v) is 14.8. The Morgan fingerprint density at radius 1 is 1.33 bits per heavy atom. The molecular weight excluding hydrogens is 328 g/mol. The summed E-state index contributed by atoms with van der Waals surface area (Å²) in [6.45, 7) is 8.81. The number of hydrogen-bond donors (Lipinski definition) is 1. The van der Waals surface area contributed by atoms with Crippen LogP contribution < -0.4 is 5.32 Å². The van der Waals surface area contributed by atoms with Crippen LogP contribution >= 0.6 is 11.8 Å². The van der Waals surface area contributed by atoms with Gasteiger partial charge in [-0.2, -0.15) is 4.98 Å². The van der Waals surface area contributed by atoms with Crippen molar-refractivity contribution in [2.24, 2.45) is 0 Å². The highest BCUT2D eigenvalue weighted by Gasteiger charge is 2.12. The summed E-state index contributed by atoms with van der Waals surface area (Å²) in [7, 11) is 0. The van der Waals surface area contributed by atoms with E-state index in [2.05, 4.69) is 25.3 Å². The van der Waals surface area contributed by atoms with Gasteiger partial charge in [-0.05, 0) is 19.9 Å². The van der Waals surface area contributed by atoms with Gasteiger partial charge in [0.15, 0.2) is 0 Å². The predicted molar refractivity (Wildman–Crippen MR) is 91.2 cm³/mol. The van der Waals surface area contributed by atoms with Gasteiger partial charge in [-0.3, -0.25) is 9.69 Å². The number of morpholine rings is 1. The van der Waals surface area contributed by atoms with Gasteiger partial charge in [-0.25, -0.2) is 9.50 Å². The molecule has 2 aromatic heterocycles. The minimum absolute atomic E-state index is 0.00650. The van der Waals surface area contributed by atoms with Gasteiger partial charge in [0.05, 0.1) is 19.0 Å². The number of carbonyl (C=O) groups excluding carboxylic acids is 1. The molecular formula is C15H22N6O2S. The van der Waals surface area contributed by atoms with Gasteiger partial charge < -0.3 is 10.1 Å². The van der Waals surface area contributed by atoms with E-state index in [1.807, 2.05) is 19.9 Å². The van der Waals surface area contributed by atoms with Crippen molar-refractivity contribution in [3.63, 3.8) is 0 Å². The lowest BCUT2D eigenvalue weighted by Crippen LogP contribution is -2.41. The lowest BCUT2D eigenvalue weighted by Gasteiger charge is -2.26. The van der Waals surface area contributed by atoms with Crippen molar-refractivity contribution in [1.82, 2.24) is 29.8 Å². The van der Waals surface area contributed by atoms with Crippen LogP contribution in [0.2, 0.25) is 0 Å². The summed E-state index contributed by atoms with van der Waals surface area (Å²) < 4.78 is 7.00. The fourth-order valence-corrected chi connectivity index (χ4v) is 3.22. The standard InChI is InChI=1S/C15H22N6O2S/c1-11-9-12(2)21-14(17-11)18-15(19-21)24-10-13(22)16-3-4-20-5-7-23-8-6-20/h9H,3-8,10H2,1-2H3,(H,16,22). The fourth-order valence-electron chi connectivity index (χ4n) is 2.57. The van der Waals surface area contributed by atoms with Crippen LogP contribution in [0.15, 0.2) is 11.2 Å². The normalized spacial score (nSPS) is 15.8. The van der Waals surface area contributed by atoms with Crippen LogP contribution in [0.1, 0.15) is 11.4 Å². The van der Waals surface area contributed by atoms with Gasteiger partial charge in [0.1, 0.15) is 0 Å². The first kappa shape index (κ1) is 17.1. The number of carbonyl (C=O) groups is 1. The summed E-state index contributed by atoms with van der Waals surface area (Å²) in [5, 5.41) is 7.89. The van der Waals surface area contributed by atoms with Gasteiger partial charge in [0.25, 0.3) is 5.78 Å². The van der Waals surface area contributed by atoms with E-state index in [4.69, 9.17) is 4.74 Å².